The molecule has 0 spiro atoms. The number of hydrogen-bond acceptors (Lipinski definition) is 8. The van der Waals surface area contributed by atoms with Gasteiger partial charge in [-0.25, -0.2) is 0 Å². The summed E-state index contributed by atoms with van der Waals surface area (Å²) in [4.78, 5) is 35.1. The molecule has 0 saturated heterocycles. The van der Waals surface area contributed by atoms with Crippen LogP contribution in [0.2, 0.25) is 0 Å². The summed E-state index contributed by atoms with van der Waals surface area (Å²) in [6.07, 6.45) is 6.09. The van der Waals surface area contributed by atoms with Gasteiger partial charge in [0.25, 0.3) is 5.91 Å². The van der Waals surface area contributed by atoms with Gasteiger partial charge in [0, 0.05) is 69.8 Å². The predicted molar refractivity (Wildman–Crippen MR) is 202 cm³/mol. The molecule has 1 aliphatic heterocycles. The van der Waals surface area contributed by atoms with Crippen molar-refractivity contribution in [1.82, 2.24) is 14.8 Å². The average molecular weight is 723 g/mol. The van der Waals surface area contributed by atoms with E-state index in [1.54, 1.807) is 43.5 Å². The highest BCUT2D eigenvalue weighted by molar-refractivity contribution is 6.17. The van der Waals surface area contributed by atoms with Crippen molar-refractivity contribution in [2.45, 2.75) is 64.6 Å². The molecule has 3 aromatic rings. The van der Waals surface area contributed by atoms with Gasteiger partial charge in [0.2, 0.25) is 5.91 Å². The number of rotatable bonds is 17. The molecule has 1 aromatic heterocycles. The van der Waals surface area contributed by atoms with Crippen LogP contribution in [0.15, 0.2) is 66.9 Å². The number of ether oxygens (including phenoxy) is 4. The second-order valence-corrected chi connectivity index (χ2v) is 13.7. The summed E-state index contributed by atoms with van der Waals surface area (Å²) in [7, 11) is 3.47. The Hall–Kier alpha value is -3.54. The number of anilines is 1. The second kappa shape index (κ2) is 21.7. The van der Waals surface area contributed by atoms with Gasteiger partial charge in [-0.05, 0) is 61.6 Å². The first-order valence-electron chi connectivity index (χ1n) is 18.1. The van der Waals surface area contributed by atoms with Crippen LogP contribution in [0.1, 0.15) is 61.9 Å². The monoisotopic (exact) mass is 722 g/mol. The van der Waals surface area contributed by atoms with Crippen molar-refractivity contribution in [3.8, 4) is 17.0 Å². The summed E-state index contributed by atoms with van der Waals surface area (Å²) in [5.74, 6) is 0.912. The smallest absolute Gasteiger partial charge is 0.257 e. The van der Waals surface area contributed by atoms with Crippen LogP contribution in [-0.4, -0.2) is 105 Å². The molecule has 3 atom stereocenters. The molecule has 0 radical (unpaired) electrons. The molecule has 4 rings (SSSR count). The molecule has 51 heavy (non-hydrogen) atoms. The van der Waals surface area contributed by atoms with Crippen molar-refractivity contribution >= 4 is 29.1 Å². The number of unbranched alkanes of at least 4 members (excludes halogenated alkanes) is 3. The van der Waals surface area contributed by atoms with E-state index in [0.29, 0.717) is 55.9 Å². The zero-order chi connectivity index (χ0) is 36.4. The molecule has 0 bridgehead atoms. The quantitative estimate of drug-likeness (QED) is 0.118. The lowest BCUT2D eigenvalue weighted by Gasteiger charge is -2.36. The molecule has 10 nitrogen and oxygen atoms in total. The molecule has 0 saturated carbocycles. The van der Waals surface area contributed by atoms with E-state index >= 15 is 0 Å². The number of benzene rings is 2. The summed E-state index contributed by atoms with van der Waals surface area (Å²) < 4.78 is 23.5. The molecule has 0 aliphatic carbocycles. The van der Waals surface area contributed by atoms with E-state index in [2.05, 4.69) is 53.3 Å². The van der Waals surface area contributed by atoms with E-state index in [4.69, 9.17) is 30.5 Å². The molecule has 278 valence electrons. The fourth-order valence-electron chi connectivity index (χ4n) is 6.06. The number of amides is 2. The molecular formula is C40H55ClN4O6. The lowest BCUT2D eigenvalue weighted by Crippen LogP contribution is -2.46. The average Bonchev–Trinajstić information content (AvgIpc) is 3.14. The third-order valence-electron chi connectivity index (χ3n) is 9.18. The van der Waals surface area contributed by atoms with Crippen LogP contribution < -0.4 is 10.1 Å². The van der Waals surface area contributed by atoms with Gasteiger partial charge < -0.3 is 29.2 Å². The number of fused-ring (bicyclic) bond motifs is 1. The Kier molecular flexibility index (Phi) is 17.1. The van der Waals surface area contributed by atoms with Crippen LogP contribution in [0.5, 0.6) is 5.75 Å². The molecule has 2 amide bonds. The summed E-state index contributed by atoms with van der Waals surface area (Å²) in [6.45, 7) is 8.48. The SMILES string of the molecule is CO[C@H]1CN(C)C(=O)c2cc(NC(=O)CCOCCOCCCCCCCl)ccc2OC[C@H](C)N(Cc2ccc(-c3ccccn3)cc2)C[C@@H]1C. The maximum Gasteiger partial charge on any atom is 0.257 e. The number of hydrogen-bond donors (Lipinski definition) is 1. The second-order valence-electron chi connectivity index (χ2n) is 13.3. The Morgan fingerprint density at radius 2 is 1.73 bits per heavy atom. The number of alkyl halides is 1. The number of carbonyl (C=O) groups excluding carboxylic acids is 2. The van der Waals surface area contributed by atoms with Gasteiger partial charge >= 0.3 is 0 Å². The number of methoxy groups -OCH3 is 1. The fourth-order valence-corrected chi connectivity index (χ4v) is 6.25. The lowest BCUT2D eigenvalue weighted by molar-refractivity contribution is -0.117. The number of carbonyl (C=O) groups is 2. The number of likely N-dealkylation sites (N-methyl/N-ethyl adjacent to an activating group) is 1. The largest absolute Gasteiger partial charge is 0.491 e. The van der Waals surface area contributed by atoms with Gasteiger partial charge in [0.1, 0.15) is 12.4 Å². The van der Waals surface area contributed by atoms with E-state index in [9.17, 15) is 9.59 Å². The van der Waals surface area contributed by atoms with Gasteiger partial charge in [-0.15, -0.1) is 11.6 Å². The molecule has 1 N–H and O–H groups in total. The Morgan fingerprint density at radius 1 is 0.961 bits per heavy atom. The first-order chi connectivity index (χ1) is 24.8. The molecule has 2 heterocycles. The minimum Gasteiger partial charge on any atom is -0.491 e. The van der Waals surface area contributed by atoms with E-state index in [1.165, 1.54) is 5.56 Å². The molecule has 1 aliphatic rings. The van der Waals surface area contributed by atoms with Crippen LogP contribution in [-0.2, 0) is 25.5 Å². The molecule has 2 aromatic carbocycles. The molecule has 11 heteroatoms. The number of nitrogens with zero attached hydrogens (tertiary/aromatic N) is 3. The van der Waals surface area contributed by atoms with Crippen molar-refractivity contribution in [2.24, 2.45) is 5.92 Å². The van der Waals surface area contributed by atoms with Crippen molar-refractivity contribution < 1.29 is 28.5 Å². The number of nitrogens with one attached hydrogen (secondary N) is 1. The summed E-state index contributed by atoms with van der Waals surface area (Å²) in [6, 6.07) is 19.7. The first-order valence-corrected chi connectivity index (χ1v) is 18.6. The standard InChI is InChI=1S/C40H55ClN4O6/c1-30-26-45(27-32-12-14-33(15-13-32)36-11-7-9-20-42-36)31(2)29-51-37-17-16-34(25-35(37)40(47)44(3)28-38(30)48-4)43-39(46)18-22-50-24-23-49-21-10-6-5-8-19-41/h7,9,11-17,20,25,30-31,38H,5-6,8,10,18-19,21-24,26-29H2,1-4H3,(H,43,46)/t30-,31-,38-/m0/s1. The third kappa shape index (κ3) is 13.2. The number of halogens is 1. The number of pyridine rings is 1. The minimum absolute atomic E-state index is 0.0337. The third-order valence-corrected chi connectivity index (χ3v) is 9.44. The maximum atomic E-state index is 13.8. The van der Waals surface area contributed by atoms with Crippen molar-refractivity contribution in [2.75, 3.05) is 71.5 Å². The predicted octanol–water partition coefficient (Wildman–Crippen LogP) is 6.92. The minimum atomic E-state index is -0.198. The lowest BCUT2D eigenvalue weighted by atomic mass is 10.0. The normalized spacial score (nSPS) is 18.7. The number of aromatic nitrogens is 1. The highest BCUT2D eigenvalue weighted by atomic mass is 35.5. The Balaban J connectivity index is 1.37. The van der Waals surface area contributed by atoms with Crippen LogP contribution >= 0.6 is 11.6 Å². The van der Waals surface area contributed by atoms with Gasteiger partial charge in [0.15, 0.2) is 0 Å². The first kappa shape index (κ1) is 40.2. The summed E-state index contributed by atoms with van der Waals surface area (Å²) >= 11 is 5.70. The Morgan fingerprint density at radius 3 is 2.45 bits per heavy atom. The maximum absolute atomic E-state index is 13.8. The molecular weight excluding hydrogens is 668 g/mol. The van der Waals surface area contributed by atoms with E-state index in [1.807, 2.05) is 18.2 Å². The zero-order valence-electron chi connectivity index (χ0n) is 30.7. The van der Waals surface area contributed by atoms with E-state index in [0.717, 1.165) is 50.0 Å². The van der Waals surface area contributed by atoms with Crippen LogP contribution in [0, 0.1) is 5.92 Å². The Labute approximate surface area is 308 Å². The zero-order valence-corrected chi connectivity index (χ0v) is 31.4. The molecule has 0 unspecified atom stereocenters. The highest BCUT2D eigenvalue weighted by Crippen LogP contribution is 2.27. The fraction of sp³-hybridized carbons (Fsp3) is 0.525. The summed E-state index contributed by atoms with van der Waals surface area (Å²) in [5.41, 5.74) is 4.12. The van der Waals surface area contributed by atoms with Crippen LogP contribution in [0.25, 0.3) is 11.3 Å². The van der Waals surface area contributed by atoms with Crippen molar-refractivity contribution in [3.05, 3.63) is 78.0 Å². The Bertz CT molecular complexity index is 1480. The topological polar surface area (TPSA) is 102 Å². The van der Waals surface area contributed by atoms with Crippen molar-refractivity contribution in [3.63, 3.8) is 0 Å². The van der Waals surface area contributed by atoms with Crippen molar-refractivity contribution in [1.29, 1.82) is 0 Å². The van der Waals surface area contributed by atoms with Crippen LogP contribution in [0.4, 0.5) is 5.69 Å². The van der Waals surface area contributed by atoms with E-state index < -0.39 is 0 Å². The van der Waals surface area contributed by atoms with Gasteiger partial charge in [-0.3, -0.25) is 19.5 Å². The van der Waals surface area contributed by atoms with Gasteiger partial charge in [0.05, 0.1) is 43.6 Å². The van der Waals surface area contributed by atoms with E-state index in [-0.39, 0.29) is 42.9 Å². The molecule has 0 fully saturated rings. The van der Waals surface area contributed by atoms with Gasteiger partial charge in [-0.2, -0.15) is 0 Å². The van der Waals surface area contributed by atoms with Gasteiger partial charge in [-0.1, -0.05) is 50.1 Å². The highest BCUT2D eigenvalue weighted by Gasteiger charge is 2.28. The van der Waals surface area contributed by atoms with Crippen LogP contribution in [0.3, 0.4) is 0 Å². The summed E-state index contributed by atoms with van der Waals surface area (Å²) in [5, 5.41) is 2.91.